The summed E-state index contributed by atoms with van der Waals surface area (Å²) >= 11 is 0. The molecule has 0 aliphatic rings. The average molecular weight is 248 g/mol. The molecule has 0 bridgehead atoms. The van der Waals surface area contributed by atoms with Gasteiger partial charge in [0.15, 0.2) is 0 Å². The van der Waals surface area contributed by atoms with Gasteiger partial charge < -0.3 is 9.84 Å². The molecule has 3 nitrogen and oxygen atoms in total. The van der Waals surface area contributed by atoms with Crippen molar-refractivity contribution in [1.82, 2.24) is 0 Å². The van der Waals surface area contributed by atoms with Crippen molar-refractivity contribution in [3.05, 3.63) is 48.5 Å². The maximum atomic E-state index is 12.2. The summed E-state index contributed by atoms with van der Waals surface area (Å²) < 4.78 is 17.3. The molecule has 1 atom stereocenters. The Kier molecular flexibility index (Phi) is 3.44. The highest BCUT2D eigenvalue weighted by Crippen LogP contribution is 2.28. The Morgan fingerprint density at radius 1 is 1.12 bits per heavy atom. The first-order chi connectivity index (χ1) is 8.22. The van der Waals surface area contributed by atoms with Crippen molar-refractivity contribution in [3.63, 3.8) is 0 Å². The fourth-order valence-corrected chi connectivity index (χ4v) is 2.58. The van der Waals surface area contributed by atoms with E-state index in [0.717, 1.165) is 0 Å². The van der Waals surface area contributed by atoms with E-state index in [-0.39, 0.29) is 5.75 Å². The van der Waals surface area contributed by atoms with Gasteiger partial charge in [-0.2, -0.15) is 0 Å². The zero-order chi connectivity index (χ0) is 12.3. The van der Waals surface area contributed by atoms with Crippen molar-refractivity contribution in [1.29, 1.82) is 0 Å². The highest BCUT2D eigenvalue weighted by molar-refractivity contribution is 7.85. The van der Waals surface area contributed by atoms with Crippen LogP contribution >= 0.6 is 0 Å². The second-order valence-electron chi connectivity index (χ2n) is 3.42. The van der Waals surface area contributed by atoms with E-state index in [4.69, 9.17) is 4.74 Å². The Labute approximate surface area is 102 Å². The van der Waals surface area contributed by atoms with Crippen LogP contribution in [-0.2, 0) is 10.8 Å². The fourth-order valence-electron chi connectivity index (χ4n) is 1.44. The van der Waals surface area contributed by atoms with E-state index in [1.54, 1.807) is 24.3 Å². The van der Waals surface area contributed by atoms with E-state index in [0.29, 0.717) is 15.5 Å². The topological polar surface area (TPSA) is 46.5 Å². The molecule has 1 N–H and O–H groups in total. The summed E-state index contributed by atoms with van der Waals surface area (Å²) in [6.45, 7) is 0. The van der Waals surface area contributed by atoms with Gasteiger partial charge in [-0.3, -0.25) is 0 Å². The molecule has 0 saturated heterocycles. The third-order valence-electron chi connectivity index (χ3n) is 2.32. The first-order valence-corrected chi connectivity index (χ1v) is 6.21. The summed E-state index contributed by atoms with van der Waals surface area (Å²) in [5.41, 5.74) is 0. The van der Waals surface area contributed by atoms with Gasteiger partial charge in [0.2, 0.25) is 0 Å². The van der Waals surface area contributed by atoms with Crippen molar-refractivity contribution in [2.24, 2.45) is 0 Å². The maximum Gasteiger partial charge on any atom is 0.132 e. The third-order valence-corrected chi connectivity index (χ3v) is 3.75. The number of benzene rings is 2. The monoisotopic (exact) mass is 248 g/mol. The largest absolute Gasteiger partial charge is 0.507 e. The molecule has 1 unspecified atom stereocenters. The Bertz CT molecular complexity index is 538. The Morgan fingerprint density at radius 2 is 1.82 bits per heavy atom. The second-order valence-corrected chi connectivity index (χ2v) is 4.86. The lowest BCUT2D eigenvalue weighted by Gasteiger charge is -2.07. The zero-order valence-corrected chi connectivity index (χ0v) is 10.1. The van der Waals surface area contributed by atoms with E-state index in [1.165, 1.54) is 13.2 Å². The number of hydrogen-bond donors (Lipinski definition) is 1. The highest BCUT2D eigenvalue weighted by Gasteiger charge is 2.12. The van der Waals surface area contributed by atoms with Crippen molar-refractivity contribution >= 4 is 10.8 Å². The van der Waals surface area contributed by atoms with Crippen LogP contribution in [0.1, 0.15) is 0 Å². The minimum absolute atomic E-state index is 0.00739. The van der Waals surface area contributed by atoms with Gasteiger partial charge in [0.25, 0.3) is 0 Å². The van der Waals surface area contributed by atoms with Crippen molar-refractivity contribution in [3.8, 4) is 11.5 Å². The number of methoxy groups -OCH3 is 1. The van der Waals surface area contributed by atoms with Crippen LogP contribution in [0.4, 0.5) is 0 Å². The SMILES string of the molecule is COc1ccc(O)c(S(=O)c2ccccc2)c1. The molecule has 0 aliphatic carbocycles. The Hall–Kier alpha value is -1.81. The van der Waals surface area contributed by atoms with Crippen LogP contribution in [0.2, 0.25) is 0 Å². The van der Waals surface area contributed by atoms with E-state index in [1.807, 2.05) is 18.2 Å². The van der Waals surface area contributed by atoms with Crippen molar-refractivity contribution in [2.45, 2.75) is 9.79 Å². The van der Waals surface area contributed by atoms with E-state index < -0.39 is 10.8 Å². The molecule has 0 fully saturated rings. The molecule has 0 saturated carbocycles. The number of ether oxygens (including phenoxy) is 1. The van der Waals surface area contributed by atoms with Crippen LogP contribution < -0.4 is 4.74 Å². The van der Waals surface area contributed by atoms with E-state index >= 15 is 0 Å². The lowest BCUT2D eigenvalue weighted by atomic mass is 10.3. The lowest BCUT2D eigenvalue weighted by molar-refractivity contribution is 0.408. The Morgan fingerprint density at radius 3 is 2.47 bits per heavy atom. The molecule has 0 heterocycles. The van der Waals surface area contributed by atoms with Crippen LogP contribution in [0.25, 0.3) is 0 Å². The highest BCUT2D eigenvalue weighted by atomic mass is 32.2. The van der Waals surface area contributed by atoms with Gasteiger partial charge in [0, 0.05) is 11.0 Å². The van der Waals surface area contributed by atoms with Gasteiger partial charge in [0.05, 0.1) is 22.8 Å². The van der Waals surface area contributed by atoms with Crippen LogP contribution in [0, 0.1) is 0 Å². The van der Waals surface area contributed by atoms with Gasteiger partial charge in [-0.1, -0.05) is 18.2 Å². The molecular weight excluding hydrogens is 236 g/mol. The number of phenols is 1. The normalized spacial score (nSPS) is 12.1. The molecule has 0 radical (unpaired) electrons. The standard InChI is InChI=1S/C13H12O3S/c1-16-10-7-8-12(14)13(9-10)17(15)11-5-3-2-4-6-11/h2-9,14H,1H3. The van der Waals surface area contributed by atoms with E-state index in [2.05, 4.69) is 0 Å². The van der Waals surface area contributed by atoms with Gasteiger partial charge in [-0.25, -0.2) is 4.21 Å². The molecule has 88 valence electrons. The summed E-state index contributed by atoms with van der Waals surface area (Å²) in [4.78, 5) is 1.01. The van der Waals surface area contributed by atoms with Gasteiger partial charge in [0.1, 0.15) is 11.5 Å². The average Bonchev–Trinajstić information content (AvgIpc) is 2.39. The Balaban J connectivity index is 2.44. The molecular formula is C13H12O3S. The molecule has 0 aliphatic heterocycles. The predicted octanol–water partition coefficient (Wildman–Crippen LogP) is 2.57. The molecule has 17 heavy (non-hydrogen) atoms. The quantitative estimate of drug-likeness (QED) is 0.908. The van der Waals surface area contributed by atoms with Crippen molar-refractivity contribution in [2.75, 3.05) is 7.11 Å². The number of rotatable bonds is 3. The number of hydrogen-bond acceptors (Lipinski definition) is 3. The molecule has 0 spiro atoms. The van der Waals surface area contributed by atoms with Crippen LogP contribution in [0.3, 0.4) is 0 Å². The minimum atomic E-state index is -1.40. The molecule has 0 amide bonds. The van der Waals surface area contributed by atoms with Crippen molar-refractivity contribution < 1.29 is 14.1 Å². The van der Waals surface area contributed by atoms with Crippen LogP contribution in [0.5, 0.6) is 11.5 Å². The summed E-state index contributed by atoms with van der Waals surface area (Å²) in [5, 5.41) is 9.71. The first-order valence-electron chi connectivity index (χ1n) is 5.06. The predicted molar refractivity (Wildman–Crippen MR) is 65.8 cm³/mol. The summed E-state index contributed by atoms with van der Waals surface area (Å²) in [6.07, 6.45) is 0. The second kappa shape index (κ2) is 5.01. The summed E-state index contributed by atoms with van der Waals surface area (Å²) in [5.74, 6) is 0.579. The third kappa shape index (κ3) is 2.47. The smallest absolute Gasteiger partial charge is 0.132 e. The van der Waals surface area contributed by atoms with Gasteiger partial charge in [-0.15, -0.1) is 0 Å². The number of aromatic hydroxyl groups is 1. The maximum absolute atomic E-state index is 12.2. The molecule has 4 heteroatoms. The molecule has 2 aromatic rings. The minimum Gasteiger partial charge on any atom is -0.507 e. The van der Waals surface area contributed by atoms with Gasteiger partial charge >= 0.3 is 0 Å². The van der Waals surface area contributed by atoms with Crippen LogP contribution in [0.15, 0.2) is 58.3 Å². The van der Waals surface area contributed by atoms with Gasteiger partial charge in [-0.05, 0) is 24.3 Å². The lowest BCUT2D eigenvalue weighted by Crippen LogP contribution is -1.94. The van der Waals surface area contributed by atoms with Crippen LogP contribution in [-0.4, -0.2) is 16.4 Å². The molecule has 2 rings (SSSR count). The summed E-state index contributed by atoms with van der Waals surface area (Å²) in [6, 6.07) is 13.7. The number of phenolic OH excluding ortho intramolecular Hbond substituents is 1. The summed E-state index contributed by atoms with van der Waals surface area (Å²) in [7, 11) is 0.129. The molecule has 2 aromatic carbocycles. The van der Waals surface area contributed by atoms with E-state index in [9.17, 15) is 9.32 Å². The molecule has 0 aromatic heterocycles. The zero-order valence-electron chi connectivity index (χ0n) is 9.29. The fraction of sp³-hybridized carbons (Fsp3) is 0.0769. The first kappa shape index (κ1) is 11.7.